The lowest BCUT2D eigenvalue weighted by Gasteiger charge is -2.23. The van der Waals surface area contributed by atoms with Crippen LogP contribution < -0.4 is 0 Å². The van der Waals surface area contributed by atoms with E-state index >= 15 is 0 Å². The number of carbonyl (C=O) groups excluding carboxylic acids is 1. The fourth-order valence-electron chi connectivity index (χ4n) is 4.13. The normalized spacial score (nSPS) is 15.4. The molecule has 1 amide bonds. The maximum atomic E-state index is 13.6. The van der Waals surface area contributed by atoms with Crippen LogP contribution in [0.25, 0.3) is 16.9 Å². The van der Waals surface area contributed by atoms with Gasteiger partial charge in [-0.05, 0) is 77.8 Å². The summed E-state index contributed by atoms with van der Waals surface area (Å²) in [7, 11) is 0. The summed E-state index contributed by atoms with van der Waals surface area (Å²) in [5, 5.41) is 17.3. The molecule has 1 saturated heterocycles. The van der Waals surface area contributed by atoms with Crippen LogP contribution in [0.4, 0.5) is 10.1 Å². The van der Waals surface area contributed by atoms with Crippen LogP contribution in [0.2, 0.25) is 0 Å². The van der Waals surface area contributed by atoms with E-state index < -0.39 is 6.23 Å². The van der Waals surface area contributed by atoms with E-state index in [1.54, 1.807) is 27.8 Å². The minimum atomic E-state index is -0.706. The van der Waals surface area contributed by atoms with E-state index in [-0.39, 0.29) is 29.8 Å². The molecule has 5 rings (SSSR count). The number of amides is 1. The van der Waals surface area contributed by atoms with Crippen LogP contribution in [0.5, 0.6) is 5.75 Å². The van der Waals surface area contributed by atoms with Crippen molar-refractivity contribution in [2.45, 2.75) is 12.6 Å². The lowest BCUT2D eigenvalue weighted by Crippen LogP contribution is -2.30. The molecule has 4 aromatic rings. The summed E-state index contributed by atoms with van der Waals surface area (Å²) in [5.41, 5.74) is 3.41. The Bertz CT molecular complexity index is 1420. The lowest BCUT2D eigenvalue weighted by molar-refractivity contribution is -0.128. The van der Waals surface area contributed by atoms with Crippen molar-refractivity contribution in [3.05, 3.63) is 99.3 Å². The number of aromatic hydroxyl groups is 1. The SMILES string of the molecule is O=Nc1cc(CCN2C(=O)COC2c2cn(-c3ccc(Br)cc3)nc2-c2ccc(F)cc2)ccc1O. The zero-order valence-corrected chi connectivity index (χ0v) is 20.4. The third-order valence-corrected chi connectivity index (χ3v) is 6.49. The van der Waals surface area contributed by atoms with E-state index in [4.69, 9.17) is 9.84 Å². The van der Waals surface area contributed by atoms with Gasteiger partial charge in [-0.1, -0.05) is 22.0 Å². The second kappa shape index (κ2) is 10.00. The standard InChI is InChI=1S/C26H20BrFN4O4/c27-18-4-8-20(9-5-18)32-14-21(25(29-32)17-2-6-19(28)7-3-17)26-31(24(34)15-36-26)12-11-16-1-10-23(33)22(13-16)30-35/h1-10,13-14,26,33H,11-12,15H2. The Morgan fingerprint density at radius 3 is 2.58 bits per heavy atom. The number of phenolic OH excluding ortho intramolecular Hbond substituents is 1. The Hall–Kier alpha value is -3.89. The highest BCUT2D eigenvalue weighted by atomic mass is 79.9. The van der Waals surface area contributed by atoms with Gasteiger partial charge in [0.1, 0.15) is 29.6 Å². The molecular weight excluding hydrogens is 531 g/mol. The second-order valence-electron chi connectivity index (χ2n) is 8.28. The number of benzene rings is 3. The van der Waals surface area contributed by atoms with Crippen LogP contribution in [-0.2, 0) is 16.0 Å². The number of halogens is 2. The Balaban J connectivity index is 1.49. The molecule has 0 spiro atoms. The number of nitroso groups, excluding NO2 is 1. The van der Waals surface area contributed by atoms with Gasteiger partial charge in [0, 0.05) is 28.3 Å². The first-order valence-corrected chi connectivity index (χ1v) is 11.9. The highest BCUT2D eigenvalue weighted by molar-refractivity contribution is 9.10. The fraction of sp³-hybridized carbons (Fsp3) is 0.154. The molecule has 0 radical (unpaired) electrons. The van der Waals surface area contributed by atoms with Crippen molar-refractivity contribution in [1.82, 2.24) is 14.7 Å². The highest BCUT2D eigenvalue weighted by Crippen LogP contribution is 2.36. The maximum absolute atomic E-state index is 13.6. The van der Waals surface area contributed by atoms with Gasteiger partial charge in [-0.2, -0.15) is 5.10 Å². The van der Waals surface area contributed by atoms with Crippen molar-refractivity contribution in [2.24, 2.45) is 5.18 Å². The number of hydrogen-bond acceptors (Lipinski definition) is 6. The number of ether oxygens (including phenoxy) is 1. The Morgan fingerprint density at radius 1 is 1.11 bits per heavy atom. The van der Waals surface area contributed by atoms with Crippen molar-refractivity contribution >= 4 is 27.5 Å². The summed E-state index contributed by atoms with van der Waals surface area (Å²) in [6, 6.07) is 18.2. The molecule has 3 aromatic carbocycles. The molecule has 182 valence electrons. The van der Waals surface area contributed by atoms with Gasteiger partial charge in [0.25, 0.3) is 5.91 Å². The Morgan fingerprint density at radius 2 is 1.86 bits per heavy atom. The zero-order chi connectivity index (χ0) is 25.2. The Kier molecular flexibility index (Phi) is 6.62. The van der Waals surface area contributed by atoms with Gasteiger partial charge in [0.05, 0.1) is 5.69 Å². The lowest BCUT2D eigenvalue weighted by atomic mass is 10.1. The van der Waals surface area contributed by atoms with Crippen LogP contribution in [-0.4, -0.2) is 38.8 Å². The fourth-order valence-corrected chi connectivity index (χ4v) is 4.39. The smallest absolute Gasteiger partial charge is 0.250 e. The van der Waals surface area contributed by atoms with Crippen LogP contribution in [0.3, 0.4) is 0 Å². The molecule has 36 heavy (non-hydrogen) atoms. The summed E-state index contributed by atoms with van der Waals surface area (Å²) in [5.74, 6) is -0.745. The third-order valence-electron chi connectivity index (χ3n) is 5.97. The molecule has 1 aliphatic heterocycles. The molecule has 1 atom stereocenters. The molecule has 1 unspecified atom stereocenters. The van der Waals surface area contributed by atoms with Gasteiger partial charge in [-0.15, -0.1) is 4.91 Å². The van der Waals surface area contributed by atoms with Crippen molar-refractivity contribution in [3.63, 3.8) is 0 Å². The minimum absolute atomic E-state index is 0.0533. The number of nitrogens with zero attached hydrogens (tertiary/aromatic N) is 4. The first-order valence-electron chi connectivity index (χ1n) is 11.1. The van der Waals surface area contributed by atoms with Gasteiger partial charge in [-0.25, -0.2) is 9.07 Å². The molecule has 8 nitrogen and oxygen atoms in total. The van der Waals surface area contributed by atoms with E-state index in [0.29, 0.717) is 29.8 Å². The average molecular weight is 551 g/mol. The van der Waals surface area contributed by atoms with E-state index in [0.717, 1.165) is 15.7 Å². The van der Waals surface area contributed by atoms with Crippen molar-refractivity contribution < 1.29 is 19.0 Å². The largest absolute Gasteiger partial charge is 0.506 e. The molecular formula is C26H20BrFN4O4. The third kappa shape index (κ3) is 4.77. The van der Waals surface area contributed by atoms with Gasteiger partial charge in [0.15, 0.2) is 6.23 Å². The predicted octanol–water partition coefficient (Wildman–Crippen LogP) is 5.64. The van der Waals surface area contributed by atoms with Crippen molar-refractivity contribution in [1.29, 1.82) is 0 Å². The molecule has 1 N–H and O–H groups in total. The quantitative estimate of drug-likeness (QED) is 0.300. The summed E-state index contributed by atoms with van der Waals surface area (Å²) >= 11 is 3.43. The molecule has 0 bridgehead atoms. The molecule has 2 heterocycles. The van der Waals surface area contributed by atoms with Crippen LogP contribution >= 0.6 is 15.9 Å². The summed E-state index contributed by atoms with van der Waals surface area (Å²) in [6.45, 7) is 0.215. The number of hydrogen-bond donors (Lipinski definition) is 1. The van der Waals surface area contributed by atoms with E-state index in [9.17, 15) is 19.2 Å². The summed E-state index contributed by atoms with van der Waals surface area (Å²) in [4.78, 5) is 25.3. The van der Waals surface area contributed by atoms with Gasteiger partial charge in [-0.3, -0.25) is 4.79 Å². The molecule has 1 fully saturated rings. The van der Waals surface area contributed by atoms with E-state index in [2.05, 4.69) is 21.1 Å². The topological polar surface area (TPSA) is 97.0 Å². The minimum Gasteiger partial charge on any atom is -0.506 e. The Labute approximate surface area is 214 Å². The summed E-state index contributed by atoms with van der Waals surface area (Å²) in [6.07, 6.45) is 1.52. The highest BCUT2D eigenvalue weighted by Gasteiger charge is 2.36. The number of aromatic nitrogens is 2. The first kappa shape index (κ1) is 23.8. The maximum Gasteiger partial charge on any atom is 0.250 e. The summed E-state index contributed by atoms with van der Waals surface area (Å²) < 4.78 is 22.1. The van der Waals surface area contributed by atoms with Crippen LogP contribution in [0.1, 0.15) is 17.4 Å². The van der Waals surface area contributed by atoms with Crippen LogP contribution in [0.15, 0.2) is 82.6 Å². The average Bonchev–Trinajstić information content (AvgIpc) is 3.48. The number of phenols is 1. The molecule has 1 aliphatic rings. The van der Waals surface area contributed by atoms with Gasteiger partial charge < -0.3 is 14.7 Å². The zero-order valence-electron chi connectivity index (χ0n) is 18.8. The van der Waals surface area contributed by atoms with Crippen LogP contribution in [0, 0.1) is 10.7 Å². The van der Waals surface area contributed by atoms with Crippen molar-refractivity contribution in [3.8, 4) is 22.7 Å². The predicted molar refractivity (Wildman–Crippen MR) is 134 cm³/mol. The first-order chi connectivity index (χ1) is 17.4. The monoisotopic (exact) mass is 550 g/mol. The number of carbonyl (C=O) groups is 1. The molecule has 0 saturated carbocycles. The molecule has 10 heteroatoms. The second-order valence-corrected chi connectivity index (χ2v) is 9.19. The van der Waals surface area contributed by atoms with Gasteiger partial charge >= 0.3 is 0 Å². The van der Waals surface area contributed by atoms with Gasteiger partial charge in [0.2, 0.25) is 0 Å². The van der Waals surface area contributed by atoms with Crippen molar-refractivity contribution in [2.75, 3.05) is 13.2 Å². The molecule has 0 aliphatic carbocycles. The molecule has 1 aromatic heterocycles. The van der Waals surface area contributed by atoms with E-state index in [1.165, 1.54) is 24.3 Å². The number of rotatable bonds is 7. The van der Waals surface area contributed by atoms with E-state index in [1.807, 2.05) is 30.5 Å².